The summed E-state index contributed by atoms with van der Waals surface area (Å²) in [6.07, 6.45) is 0.474. The Morgan fingerprint density at radius 3 is 2.14 bits per heavy atom. The number of rotatable bonds is 8. The minimum absolute atomic E-state index is 0.0887. The number of pyridine rings is 1. The van der Waals surface area contributed by atoms with Crippen LogP contribution < -0.4 is 4.74 Å². The summed E-state index contributed by atoms with van der Waals surface area (Å²) in [5.74, 6) is -1.12. The van der Waals surface area contributed by atoms with Gasteiger partial charge in [0.2, 0.25) is 11.8 Å². The third-order valence-corrected chi connectivity index (χ3v) is 4.75. The third kappa shape index (κ3) is 4.82. The van der Waals surface area contributed by atoms with Crippen molar-refractivity contribution < 1.29 is 28.6 Å². The van der Waals surface area contributed by atoms with Crippen LogP contribution in [0, 0.1) is 13.8 Å². The monoisotopic (exact) mass is 406 g/mol. The van der Waals surface area contributed by atoms with E-state index in [9.17, 15) is 14.4 Å². The summed E-state index contributed by atoms with van der Waals surface area (Å²) in [6.45, 7) is 3.15. The van der Waals surface area contributed by atoms with E-state index in [2.05, 4.69) is 19.6 Å². The Morgan fingerprint density at radius 2 is 1.62 bits per heavy atom. The normalized spacial score (nSPS) is 10.7. The van der Waals surface area contributed by atoms with Crippen LogP contribution in [-0.2, 0) is 37.3 Å². The molecule has 2 heterocycles. The van der Waals surface area contributed by atoms with Crippen molar-refractivity contribution in [1.82, 2.24) is 19.7 Å². The summed E-state index contributed by atoms with van der Waals surface area (Å²) in [6, 6.07) is 0. The lowest BCUT2D eigenvalue weighted by molar-refractivity contribution is -0.152. The molecule has 0 aliphatic rings. The summed E-state index contributed by atoms with van der Waals surface area (Å²) in [4.78, 5) is 41.6. The van der Waals surface area contributed by atoms with Gasteiger partial charge in [0.05, 0.1) is 26.7 Å². The lowest BCUT2D eigenvalue weighted by Crippen LogP contribution is -2.40. The molecule has 0 fully saturated rings. The zero-order valence-electron chi connectivity index (χ0n) is 17.6. The zero-order valence-corrected chi connectivity index (χ0v) is 17.6. The summed E-state index contributed by atoms with van der Waals surface area (Å²) < 4.78 is 16.2. The molecule has 0 atom stereocenters. The molecule has 0 spiro atoms. The van der Waals surface area contributed by atoms with Gasteiger partial charge < -0.3 is 19.1 Å². The summed E-state index contributed by atoms with van der Waals surface area (Å²) >= 11 is 0. The van der Waals surface area contributed by atoms with Crippen LogP contribution in [0.3, 0.4) is 0 Å². The van der Waals surface area contributed by atoms with Crippen molar-refractivity contribution in [3.63, 3.8) is 0 Å². The third-order valence-electron chi connectivity index (χ3n) is 4.75. The van der Waals surface area contributed by atoms with Crippen molar-refractivity contribution in [3.8, 4) is 5.88 Å². The van der Waals surface area contributed by atoms with Crippen molar-refractivity contribution in [3.05, 3.63) is 16.8 Å². The van der Waals surface area contributed by atoms with E-state index in [4.69, 9.17) is 4.74 Å². The highest BCUT2D eigenvalue weighted by Gasteiger charge is 2.23. The Kier molecular flexibility index (Phi) is 7.13. The maximum Gasteiger partial charge on any atom is 0.325 e. The fourth-order valence-electron chi connectivity index (χ4n) is 3.17. The molecule has 2 aromatic rings. The number of hydrogen-bond acceptors (Lipinski definition) is 8. The standard InChI is InChI=1S/C19H26N4O6/c1-11-13(12(2)20-18-17(11)19(29-6)21-22(18)3)7-8-14(24)23(9-15(25)27-4)10-16(26)28-5/h7-10H2,1-6H3. The first-order chi connectivity index (χ1) is 13.7. The predicted molar refractivity (Wildman–Crippen MR) is 103 cm³/mol. The van der Waals surface area contributed by atoms with Gasteiger partial charge in [-0.15, -0.1) is 5.10 Å². The Labute approximate surface area is 168 Å². The fraction of sp³-hybridized carbons (Fsp3) is 0.526. The number of aryl methyl sites for hydroxylation is 3. The summed E-state index contributed by atoms with van der Waals surface area (Å²) in [7, 11) is 5.77. The van der Waals surface area contributed by atoms with E-state index in [-0.39, 0.29) is 25.4 Å². The van der Waals surface area contributed by atoms with Gasteiger partial charge in [-0.1, -0.05) is 0 Å². The molecule has 158 valence electrons. The van der Waals surface area contributed by atoms with Gasteiger partial charge in [0.1, 0.15) is 13.1 Å². The molecule has 1 amide bonds. The smallest absolute Gasteiger partial charge is 0.325 e. The van der Waals surface area contributed by atoms with Crippen molar-refractivity contribution in [2.45, 2.75) is 26.7 Å². The number of carbonyl (C=O) groups is 3. The second kappa shape index (κ2) is 9.35. The molecule has 0 aliphatic carbocycles. The minimum Gasteiger partial charge on any atom is -0.479 e. The Morgan fingerprint density at radius 1 is 1.03 bits per heavy atom. The highest BCUT2D eigenvalue weighted by Crippen LogP contribution is 2.30. The number of amides is 1. The van der Waals surface area contributed by atoms with Crippen molar-refractivity contribution in [1.29, 1.82) is 0 Å². The first-order valence-corrected chi connectivity index (χ1v) is 9.01. The summed E-state index contributed by atoms with van der Waals surface area (Å²) in [5, 5.41) is 5.11. The van der Waals surface area contributed by atoms with Gasteiger partial charge in [0.25, 0.3) is 0 Å². The van der Waals surface area contributed by atoms with Gasteiger partial charge in [-0.05, 0) is 31.4 Å². The molecule has 29 heavy (non-hydrogen) atoms. The van der Waals surface area contributed by atoms with Gasteiger partial charge in [0, 0.05) is 19.2 Å². The second-order valence-electron chi connectivity index (χ2n) is 6.53. The van der Waals surface area contributed by atoms with Crippen LogP contribution in [0.5, 0.6) is 5.88 Å². The predicted octanol–water partition coefficient (Wildman–Crippen LogP) is 0.701. The first-order valence-electron chi connectivity index (χ1n) is 9.01. The molecule has 10 nitrogen and oxygen atoms in total. The average Bonchev–Trinajstić information content (AvgIpc) is 3.02. The Hall–Kier alpha value is -3.17. The van der Waals surface area contributed by atoms with Crippen LogP contribution in [0.4, 0.5) is 0 Å². The molecule has 0 radical (unpaired) electrons. The number of methoxy groups -OCH3 is 3. The largest absolute Gasteiger partial charge is 0.479 e. The number of fused-ring (bicyclic) bond motifs is 1. The van der Waals surface area contributed by atoms with Crippen LogP contribution in [-0.4, -0.2) is 71.9 Å². The molecule has 0 bridgehead atoms. The average molecular weight is 406 g/mol. The molecule has 0 saturated carbocycles. The van der Waals surface area contributed by atoms with E-state index >= 15 is 0 Å². The number of carbonyl (C=O) groups excluding carboxylic acids is 3. The zero-order chi connectivity index (χ0) is 21.7. The second-order valence-corrected chi connectivity index (χ2v) is 6.53. The van der Waals surface area contributed by atoms with Crippen LogP contribution in [0.15, 0.2) is 0 Å². The van der Waals surface area contributed by atoms with Gasteiger partial charge in [-0.3, -0.25) is 14.4 Å². The minimum atomic E-state index is -0.613. The van der Waals surface area contributed by atoms with Gasteiger partial charge >= 0.3 is 11.9 Å². The SMILES string of the molecule is COC(=O)CN(CC(=O)OC)C(=O)CCc1c(C)nc2c(c(OC)nn2C)c1C. The van der Waals surface area contributed by atoms with Crippen LogP contribution in [0.1, 0.15) is 23.2 Å². The van der Waals surface area contributed by atoms with E-state index in [1.165, 1.54) is 14.2 Å². The highest BCUT2D eigenvalue weighted by atomic mass is 16.5. The molecule has 2 rings (SSSR count). The van der Waals surface area contributed by atoms with Gasteiger partial charge in [-0.25, -0.2) is 9.67 Å². The lowest BCUT2D eigenvalue weighted by Gasteiger charge is -2.20. The van der Waals surface area contributed by atoms with Crippen molar-refractivity contribution >= 4 is 28.9 Å². The number of nitrogens with zero attached hydrogens (tertiary/aromatic N) is 4. The molecule has 0 N–H and O–H groups in total. The maximum atomic E-state index is 12.7. The molecular weight excluding hydrogens is 380 g/mol. The molecule has 0 unspecified atom stereocenters. The molecule has 10 heteroatoms. The van der Waals surface area contributed by atoms with E-state index in [0.29, 0.717) is 17.9 Å². The fourth-order valence-corrected chi connectivity index (χ4v) is 3.17. The van der Waals surface area contributed by atoms with Crippen LogP contribution >= 0.6 is 0 Å². The molecule has 0 aromatic carbocycles. The molecular formula is C19H26N4O6. The highest BCUT2D eigenvalue weighted by molar-refractivity contribution is 5.88. The van der Waals surface area contributed by atoms with E-state index < -0.39 is 11.9 Å². The topological polar surface area (TPSA) is 113 Å². The van der Waals surface area contributed by atoms with E-state index in [1.54, 1.807) is 18.8 Å². The number of aromatic nitrogens is 3. The van der Waals surface area contributed by atoms with Crippen LogP contribution in [0.2, 0.25) is 0 Å². The van der Waals surface area contributed by atoms with E-state index in [0.717, 1.165) is 27.1 Å². The summed E-state index contributed by atoms with van der Waals surface area (Å²) in [5.41, 5.74) is 3.30. The molecule has 0 aliphatic heterocycles. The van der Waals surface area contributed by atoms with Gasteiger partial charge in [0.15, 0.2) is 5.65 Å². The molecule has 0 saturated heterocycles. The number of ether oxygens (including phenoxy) is 3. The Balaban J connectivity index is 2.26. The van der Waals surface area contributed by atoms with Crippen molar-refractivity contribution in [2.75, 3.05) is 34.4 Å². The number of hydrogen-bond donors (Lipinski definition) is 0. The lowest BCUT2D eigenvalue weighted by atomic mass is 10.00. The number of esters is 2. The van der Waals surface area contributed by atoms with E-state index in [1.807, 2.05) is 13.8 Å². The molecule has 2 aromatic heterocycles. The van der Waals surface area contributed by atoms with Gasteiger partial charge in [-0.2, -0.15) is 0 Å². The maximum absolute atomic E-state index is 12.7. The first kappa shape index (κ1) is 22.1. The quantitative estimate of drug-likeness (QED) is 0.589. The van der Waals surface area contributed by atoms with Crippen molar-refractivity contribution in [2.24, 2.45) is 7.05 Å². The van der Waals surface area contributed by atoms with Crippen LogP contribution in [0.25, 0.3) is 11.0 Å². The Bertz CT molecular complexity index is 919.